The molecule has 0 fully saturated rings. The van der Waals surface area contributed by atoms with E-state index in [1.165, 1.54) is 0 Å². The van der Waals surface area contributed by atoms with E-state index in [1.54, 1.807) is 25.3 Å². The van der Waals surface area contributed by atoms with Gasteiger partial charge >= 0.3 is 0 Å². The van der Waals surface area contributed by atoms with Crippen LogP contribution in [0.2, 0.25) is 10.0 Å². The molecule has 0 saturated carbocycles. The van der Waals surface area contributed by atoms with Crippen LogP contribution in [0.4, 0.5) is 5.69 Å². The zero-order chi connectivity index (χ0) is 17.7. The van der Waals surface area contributed by atoms with Gasteiger partial charge in [-0.05, 0) is 49.9 Å². The van der Waals surface area contributed by atoms with E-state index < -0.39 is 0 Å². The molecule has 1 amide bonds. The van der Waals surface area contributed by atoms with Crippen LogP contribution in [-0.2, 0) is 11.3 Å². The Morgan fingerprint density at radius 2 is 2.00 bits per heavy atom. The van der Waals surface area contributed by atoms with Crippen LogP contribution in [0.1, 0.15) is 12.5 Å². The molecule has 6 heteroatoms. The van der Waals surface area contributed by atoms with Crippen molar-refractivity contribution in [3.8, 4) is 5.75 Å². The highest BCUT2D eigenvalue weighted by atomic mass is 35.5. The Morgan fingerprint density at radius 1 is 1.25 bits per heavy atom. The number of hydrogen-bond acceptors (Lipinski definition) is 3. The first kappa shape index (κ1) is 18.6. The average Bonchev–Trinajstić information content (AvgIpc) is 2.56. The quantitative estimate of drug-likeness (QED) is 0.820. The summed E-state index contributed by atoms with van der Waals surface area (Å²) in [5, 5.41) is 3.77. The van der Waals surface area contributed by atoms with Crippen LogP contribution in [0.3, 0.4) is 0 Å². The summed E-state index contributed by atoms with van der Waals surface area (Å²) in [6.45, 7) is 2.47. The molecule has 0 aliphatic rings. The first-order valence-corrected chi connectivity index (χ1v) is 8.25. The predicted octanol–water partition coefficient (Wildman–Crippen LogP) is 4.46. The number of carbonyl (C=O) groups is 1. The highest BCUT2D eigenvalue weighted by molar-refractivity contribution is 6.36. The highest BCUT2D eigenvalue weighted by Gasteiger charge is 2.19. The van der Waals surface area contributed by atoms with Crippen molar-refractivity contribution in [3.05, 3.63) is 58.1 Å². The SMILES string of the molecule is COc1cccc(CN(C)C(C)C(=O)Nc2ccc(Cl)cc2Cl)c1. The van der Waals surface area contributed by atoms with Gasteiger partial charge in [-0.1, -0.05) is 35.3 Å². The first-order chi connectivity index (χ1) is 11.4. The summed E-state index contributed by atoms with van der Waals surface area (Å²) in [6.07, 6.45) is 0. The largest absolute Gasteiger partial charge is 0.497 e. The van der Waals surface area contributed by atoms with E-state index in [1.807, 2.05) is 43.1 Å². The van der Waals surface area contributed by atoms with Gasteiger partial charge in [0.15, 0.2) is 0 Å². The minimum Gasteiger partial charge on any atom is -0.497 e. The van der Waals surface area contributed by atoms with Crippen molar-refractivity contribution in [2.75, 3.05) is 19.5 Å². The van der Waals surface area contributed by atoms with Gasteiger partial charge in [0.2, 0.25) is 5.91 Å². The fourth-order valence-electron chi connectivity index (χ4n) is 2.22. The fourth-order valence-corrected chi connectivity index (χ4v) is 2.68. The molecule has 24 heavy (non-hydrogen) atoms. The number of ether oxygens (including phenoxy) is 1. The predicted molar refractivity (Wildman–Crippen MR) is 99.0 cm³/mol. The number of anilines is 1. The lowest BCUT2D eigenvalue weighted by Gasteiger charge is -2.24. The number of benzene rings is 2. The summed E-state index contributed by atoms with van der Waals surface area (Å²) < 4.78 is 5.22. The lowest BCUT2D eigenvalue weighted by Crippen LogP contribution is -2.39. The van der Waals surface area contributed by atoms with E-state index in [9.17, 15) is 4.79 Å². The molecule has 0 aliphatic heterocycles. The summed E-state index contributed by atoms with van der Waals surface area (Å²) in [7, 11) is 3.53. The van der Waals surface area contributed by atoms with Gasteiger partial charge in [0, 0.05) is 11.6 Å². The summed E-state index contributed by atoms with van der Waals surface area (Å²) in [6, 6.07) is 12.4. The Bertz CT molecular complexity index is 722. The Morgan fingerprint density at radius 3 is 2.67 bits per heavy atom. The lowest BCUT2D eigenvalue weighted by molar-refractivity contribution is -0.120. The van der Waals surface area contributed by atoms with Crippen molar-refractivity contribution in [2.24, 2.45) is 0 Å². The van der Waals surface area contributed by atoms with E-state index in [0.717, 1.165) is 11.3 Å². The molecular weight excluding hydrogens is 347 g/mol. The van der Waals surface area contributed by atoms with Crippen molar-refractivity contribution in [1.29, 1.82) is 0 Å². The van der Waals surface area contributed by atoms with Crippen LogP contribution in [0, 0.1) is 0 Å². The third-order valence-electron chi connectivity index (χ3n) is 3.80. The molecule has 2 aromatic carbocycles. The van der Waals surface area contributed by atoms with Crippen molar-refractivity contribution in [2.45, 2.75) is 19.5 Å². The van der Waals surface area contributed by atoms with E-state index in [4.69, 9.17) is 27.9 Å². The monoisotopic (exact) mass is 366 g/mol. The molecule has 0 spiro atoms. The summed E-state index contributed by atoms with van der Waals surface area (Å²) in [4.78, 5) is 14.4. The first-order valence-electron chi connectivity index (χ1n) is 7.50. The Hall–Kier alpha value is -1.75. The van der Waals surface area contributed by atoms with Gasteiger partial charge in [0.25, 0.3) is 0 Å². The van der Waals surface area contributed by atoms with Gasteiger partial charge in [-0.25, -0.2) is 0 Å². The second kappa shape index (κ2) is 8.38. The van der Waals surface area contributed by atoms with Gasteiger partial charge in [-0.15, -0.1) is 0 Å². The fraction of sp³-hybridized carbons (Fsp3) is 0.278. The van der Waals surface area contributed by atoms with Crippen molar-refractivity contribution >= 4 is 34.8 Å². The number of halogens is 2. The lowest BCUT2D eigenvalue weighted by atomic mass is 10.1. The average molecular weight is 367 g/mol. The molecule has 0 aliphatic carbocycles. The number of nitrogens with zero attached hydrogens (tertiary/aromatic N) is 1. The van der Waals surface area contributed by atoms with Crippen molar-refractivity contribution < 1.29 is 9.53 Å². The normalized spacial score (nSPS) is 12.1. The molecule has 2 rings (SSSR count). The number of nitrogens with one attached hydrogen (secondary N) is 1. The molecule has 0 heterocycles. The molecule has 128 valence electrons. The second-order valence-electron chi connectivity index (χ2n) is 5.56. The topological polar surface area (TPSA) is 41.6 Å². The highest BCUT2D eigenvalue weighted by Crippen LogP contribution is 2.25. The van der Waals surface area contributed by atoms with Crippen molar-refractivity contribution in [1.82, 2.24) is 4.90 Å². The van der Waals surface area contributed by atoms with E-state index in [2.05, 4.69) is 5.32 Å². The maximum absolute atomic E-state index is 12.4. The molecule has 1 N–H and O–H groups in total. The molecule has 0 radical (unpaired) electrons. The second-order valence-corrected chi connectivity index (χ2v) is 6.40. The van der Waals surface area contributed by atoms with Gasteiger partial charge in [-0.3, -0.25) is 9.69 Å². The van der Waals surface area contributed by atoms with Crippen LogP contribution in [0.25, 0.3) is 0 Å². The maximum atomic E-state index is 12.4. The zero-order valence-electron chi connectivity index (χ0n) is 13.8. The zero-order valence-corrected chi connectivity index (χ0v) is 15.4. The number of carbonyl (C=O) groups excluding carboxylic acids is 1. The number of rotatable bonds is 6. The minimum absolute atomic E-state index is 0.135. The molecule has 0 bridgehead atoms. The number of amides is 1. The summed E-state index contributed by atoms with van der Waals surface area (Å²) >= 11 is 12.0. The van der Waals surface area contributed by atoms with Gasteiger partial charge in [0.05, 0.1) is 23.9 Å². The van der Waals surface area contributed by atoms with E-state index in [-0.39, 0.29) is 11.9 Å². The molecule has 0 aromatic heterocycles. The molecule has 1 unspecified atom stereocenters. The Kier molecular flexibility index (Phi) is 6.49. The maximum Gasteiger partial charge on any atom is 0.241 e. The third kappa shape index (κ3) is 4.87. The van der Waals surface area contributed by atoms with Crippen LogP contribution in [-0.4, -0.2) is 31.0 Å². The van der Waals surface area contributed by atoms with Crippen LogP contribution in [0.5, 0.6) is 5.75 Å². The van der Waals surface area contributed by atoms with E-state index in [0.29, 0.717) is 22.3 Å². The number of likely N-dealkylation sites (N-methyl/N-ethyl adjacent to an activating group) is 1. The van der Waals surface area contributed by atoms with Gasteiger partial charge in [0.1, 0.15) is 5.75 Å². The molecular formula is C18H20Cl2N2O2. The van der Waals surface area contributed by atoms with E-state index >= 15 is 0 Å². The number of methoxy groups -OCH3 is 1. The summed E-state index contributed by atoms with van der Waals surface area (Å²) in [5.41, 5.74) is 1.62. The molecule has 2 aromatic rings. The molecule has 0 saturated heterocycles. The molecule has 4 nitrogen and oxygen atoms in total. The summed E-state index contributed by atoms with van der Waals surface area (Å²) in [5.74, 6) is 0.663. The van der Waals surface area contributed by atoms with Crippen molar-refractivity contribution in [3.63, 3.8) is 0 Å². The Labute approximate surface area is 152 Å². The Balaban J connectivity index is 2.01. The van der Waals surface area contributed by atoms with Crippen LogP contribution >= 0.6 is 23.2 Å². The third-order valence-corrected chi connectivity index (χ3v) is 4.34. The van der Waals surface area contributed by atoms with Gasteiger partial charge < -0.3 is 10.1 Å². The minimum atomic E-state index is -0.331. The number of hydrogen-bond donors (Lipinski definition) is 1. The van der Waals surface area contributed by atoms with Gasteiger partial charge in [-0.2, -0.15) is 0 Å². The molecule has 1 atom stereocenters. The standard InChI is InChI=1S/C18H20Cl2N2O2/c1-12(18(23)21-17-8-7-14(19)10-16(17)20)22(2)11-13-5-4-6-15(9-13)24-3/h4-10,12H,11H2,1-3H3,(H,21,23). The smallest absolute Gasteiger partial charge is 0.241 e. The van der Waals surface area contributed by atoms with Crippen LogP contribution in [0.15, 0.2) is 42.5 Å². The van der Waals surface area contributed by atoms with Crippen LogP contribution < -0.4 is 10.1 Å².